The molecule has 4 rings (SSSR count). The average molecular weight is 366 g/mol. The topological polar surface area (TPSA) is 48.4 Å². The molecule has 0 unspecified atom stereocenters. The number of halogens is 1. The SMILES string of the molecule is O[C@@H]1CCCC[C@H]1NC1CCN(c2nc3ccc(Cl)cc3s2)CC1. The predicted octanol–water partition coefficient (Wildman–Crippen LogP) is 3.81. The molecule has 1 aromatic carbocycles. The summed E-state index contributed by atoms with van der Waals surface area (Å²) in [6, 6.07) is 6.70. The number of hydrogen-bond acceptors (Lipinski definition) is 5. The number of nitrogens with zero attached hydrogens (tertiary/aromatic N) is 2. The van der Waals surface area contributed by atoms with Gasteiger partial charge in [-0.05, 0) is 43.9 Å². The van der Waals surface area contributed by atoms with Crippen LogP contribution in [0.2, 0.25) is 5.02 Å². The summed E-state index contributed by atoms with van der Waals surface area (Å²) in [7, 11) is 0. The first-order valence-corrected chi connectivity index (χ1v) is 10.1. The first-order valence-electron chi connectivity index (χ1n) is 8.94. The molecule has 2 aromatic rings. The maximum absolute atomic E-state index is 10.1. The Morgan fingerprint density at radius 1 is 1.17 bits per heavy atom. The van der Waals surface area contributed by atoms with E-state index in [2.05, 4.69) is 10.2 Å². The van der Waals surface area contributed by atoms with E-state index in [-0.39, 0.29) is 6.10 Å². The van der Waals surface area contributed by atoms with Gasteiger partial charge in [0.05, 0.1) is 16.3 Å². The third-order valence-corrected chi connectivity index (χ3v) is 6.60. The Hall–Kier alpha value is -0.880. The van der Waals surface area contributed by atoms with Gasteiger partial charge in [0, 0.05) is 30.2 Å². The van der Waals surface area contributed by atoms with Crippen molar-refractivity contribution in [1.82, 2.24) is 10.3 Å². The van der Waals surface area contributed by atoms with Crippen LogP contribution in [0, 0.1) is 0 Å². The lowest BCUT2D eigenvalue weighted by Crippen LogP contribution is -2.51. The Kier molecular flexibility index (Phi) is 4.95. The highest BCUT2D eigenvalue weighted by Gasteiger charge is 2.28. The van der Waals surface area contributed by atoms with Gasteiger partial charge in [0.15, 0.2) is 5.13 Å². The maximum Gasteiger partial charge on any atom is 0.186 e. The lowest BCUT2D eigenvalue weighted by molar-refractivity contribution is 0.0828. The minimum atomic E-state index is -0.161. The highest BCUT2D eigenvalue weighted by atomic mass is 35.5. The van der Waals surface area contributed by atoms with Crippen molar-refractivity contribution < 1.29 is 5.11 Å². The minimum absolute atomic E-state index is 0.161. The van der Waals surface area contributed by atoms with E-state index in [0.29, 0.717) is 12.1 Å². The van der Waals surface area contributed by atoms with Gasteiger partial charge in [-0.15, -0.1) is 0 Å². The minimum Gasteiger partial charge on any atom is -0.392 e. The normalized spacial score (nSPS) is 26.2. The van der Waals surface area contributed by atoms with Crippen molar-refractivity contribution in [3.63, 3.8) is 0 Å². The van der Waals surface area contributed by atoms with E-state index in [0.717, 1.165) is 59.1 Å². The van der Waals surface area contributed by atoms with E-state index in [1.807, 2.05) is 18.2 Å². The molecule has 6 heteroatoms. The first kappa shape index (κ1) is 16.6. The van der Waals surface area contributed by atoms with Gasteiger partial charge in [0.2, 0.25) is 0 Å². The molecule has 2 fully saturated rings. The number of piperidine rings is 1. The third-order valence-electron chi connectivity index (χ3n) is 5.28. The molecule has 0 amide bonds. The average Bonchev–Trinajstić information content (AvgIpc) is 3.01. The number of anilines is 1. The summed E-state index contributed by atoms with van der Waals surface area (Å²) in [6.45, 7) is 2.04. The van der Waals surface area contributed by atoms with Crippen molar-refractivity contribution in [2.75, 3.05) is 18.0 Å². The molecule has 1 aliphatic carbocycles. The van der Waals surface area contributed by atoms with Gasteiger partial charge in [-0.3, -0.25) is 0 Å². The zero-order valence-corrected chi connectivity index (χ0v) is 15.3. The van der Waals surface area contributed by atoms with Crippen LogP contribution in [-0.2, 0) is 0 Å². The van der Waals surface area contributed by atoms with Gasteiger partial charge in [0.25, 0.3) is 0 Å². The summed E-state index contributed by atoms with van der Waals surface area (Å²) in [5, 5.41) is 15.7. The van der Waals surface area contributed by atoms with Crippen LogP contribution in [0.5, 0.6) is 0 Å². The second-order valence-electron chi connectivity index (χ2n) is 6.99. The monoisotopic (exact) mass is 365 g/mol. The lowest BCUT2D eigenvalue weighted by Gasteiger charge is -2.37. The van der Waals surface area contributed by atoms with Crippen LogP contribution in [0.1, 0.15) is 38.5 Å². The smallest absolute Gasteiger partial charge is 0.186 e. The second-order valence-corrected chi connectivity index (χ2v) is 8.44. The molecular weight excluding hydrogens is 342 g/mol. The van der Waals surface area contributed by atoms with Gasteiger partial charge < -0.3 is 15.3 Å². The Morgan fingerprint density at radius 3 is 2.75 bits per heavy atom. The standard InChI is InChI=1S/C18H24ClN3OS/c19-12-5-6-15-17(11-12)24-18(21-15)22-9-7-13(8-10-22)20-14-3-1-2-4-16(14)23/h5-6,11,13-14,16,20,23H,1-4,7-10H2/t14-,16-/m1/s1. The fourth-order valence-corrected chi connectivity index (χ4v) is 5.16. The summed E-state index contributed by atoms with van der Waals surface area (Å²) >= 11 is 7.80. The number of nitrogens with one attached hydrogen (secondary N) is 1. The summed E-state index contributed by atoms with van der Waals surface area (Å²) in [4.78, 5) is 7.14. The van der Waals surface area contributed by atoms with Crippen LogP contribution in [0.25, 0.3) is 10.2 Å². The molecule has 1 saturated carbocycles. The molecule has 0 radical (unpaired) electrons. The van der Waals surface area contributed by atoms with Gasteiger partial charge in [-0.2, -0.15) is 0 Å². The lowest BCUT2D eigenvalue weighted by atomic mass is 9.91. The van der Waals surface area contributed by atoms with Gasteiger partial charge in [0.1, 0.15) is 0 Å². The number of hydrogen-bond donors (Lipinski definition) is 2. The van der Waals surface area contributed by atoms with E-state index >= 15 is 0 Å². The van der Waals surface area contributed by atoms with Crippen LogP contribution in [-0.4, -0.2) is 41.4 Å². The summed E-state index contributed by atoms with van der Waals surface area (Å²) in [6.07, 6.45) is 6.53. The van der Waals surface area contributed by atoms with E-state index in [9.17, 15) is 5.11 Å². The number of benzene rings is 1. The quantitative estimate of drug-likeness (QED) is 0.868. The van der Waals surface area contributed by atoms with Gasteiger partial charge in [-0.25, -0.2) is 4.98 Å². The van der Waals surface area contributed by atoms with Crippen molar-refractivity contribution in [1.29, 1.82) is 0 Å². The summed E-state index contributed by atoms with van der Waals surface area (Å²) in [5.41, 5.74) is 1.03. The zero-order valence-electron chi connectivity index (χ0n) is 13.7. The predicted molar refractivity (Wildman–Crippen MR) is 101 cm³/mol. The van der Waals surface area contributed by atoms with Crippen LogP contribution in [0.4, 0.5) is 5.13 Å². The highest BCUT2D eigenvalue weighted by molar-refractivity contribution is 7.22. The Bertz CT molecular complexity index is 699. The van der Waals surface area contributed by atoms with E-state index in [1.54, 1.807) is 11.3 Å². The van der Waals surface area contributed by atoms with Crippen molar-refractivity contribution in [2.24, 2.45) is 0 Å². The number of thiazole rings is 1. The fourth-order valence-electron chi connectivity index (χ4n) is 3.87. The first-order chi connectivity index (χ1) is 11.7. The highest BCUT2D eigenvalue weighted by Crippen LogP contribution is 2.32. The number of fused-ring (bicyclic) bond motifs is 1. The molecule has 1 aromatic heterocycles. The van der Waals surface area contributed by atoms with Crippen molar-refractivity contribution >= 4 is 38.3 Å². The summed E-state index contributed by atoms with van der Waals surface area (Å²) in [5.74, 6) is 0. The molecule has 1 saturated heterocycles. The molecule has 24 heavy (non-hydrogen) atoms. The van der Waals surface area contributed by atoms with Crippen LogP contribution in [0.15, 0.2) is 18.2 Å². The van der Waals surface area contributed by atoms with Crippen LogP contribution >= 0.6 is 22.9 Å². The van der Waals surface area contributed by atoms with Crippen molar-refractivity contribution in [2.45, 2.75) is 56.7 Å². The van der Waals surface area contributed by atoms with E-state index in [1.165, 1.54) is 12.8 Å². The molecular formula is C18H24ClN3OS. The Labute approximate surface area is 151 Å². The fraction of sp³-hybridized carbons (Fsp3) is 0.611. The van der Waals surface area contributed by atoms with Gasteiger partial charge in [-0.1, -0.05) is 35.8 Å². The molecule has 4 nitrogen and oxygen atoms in total. The largest absolute Gasteiger partial charge is 0.392 e. The van der Waals surface area contributed by atoms with Crippen molar-refractivity contribution in [3.8, 4) is 0 Å². The van der Waals surface area contributed by atoms with Crippen LogP contribution < -0.4 is 10.2 Å². The molecule has 2 heterocycles. The van der Waals surface area contributed by atoms with Crippen LogP contribution in [0.3, 0.4) is 0 Å². The van der Waals surface area contributed by atoms with Crippen molar-refractivity contribution in [3.05, 3.63) is 23.2 Å². The molecule has 130 valence electrons. The molecule has 0 bridgehead atoms. The molecule has 0 spiro atoms. The summed E-state index contributed by atoms with van der Waals surface area (Å²) < 4.78 is 1.16. The number of aliphatic hydroxyl groups is 1. The Balaban J connectivity index is 1.36. The molecule has 2 N–H and O–H groups in total. The van der Waals surface area contributed by atoms with Gasteiger partial charge >= 0.3 is 0 Å². The number of rotatable bonds is 3. The molecule has 2 aliphatic rings. The number of aliphatic hydroxyl groups excluding tert-OH is 1. The third kappa shape index (κ3) is 3.54. The zero-order chi connectivity index (χ0) is 16.5. The van der Waals surface area contributed by atoms with E-state index in [4.69, 9.17) is 16.6 Å². The maximum atomic E-state index is 10.1. The Morgan fingerprint density at radius 2 is 1.96 bits per heavy atom. The van der Waals surface area contributed by atoms with E-state index < -0.39 is 0 Å². The number of aromatic nitrogens is 1. The second kappa shape index (κ2) is 7.16. The molecule has 1 aliphatic heterocycles. The molecule has 2 atom stereocenters.